The first-order valence-corrected chi connectivity index (χ1v) is 22.5. The van der Waals surface area contributed by atoms with Crippen LogP contribution in [0.4, 0.5) is 0 Å². The van der Waals surface area contributed by atoms with Crippen molar-refractivity contribution >= 4 is 34.1 Å². The number of likely N-dealkylation sites (tertiary alicyclic amines) is 1. The van der Waals surface area contributed by atoms with Crippen LogP contribution in [0.2, 0.25) is 0 Å². The minimum absolute atomic E-state index is 0.0549. The molecule has 1 saturated heterocycles. The van der Waals surface area contributed by atoms with Crippen molar-refractivity contribution in [1.29, 1.82) is 0 Å². The molecule has 0 aliphatic carbocycles. The van der Waals surface area contributed by atoms with Crippen molar-refractivity contribution in [3.63, 3.8) is 0 Å². The van der Waals surface area contributed by atoms with Crippen LogP contribution in [0.5, 0.6) is 5.75 Å². The van der Waals surface area contributed by atoms with E-state index in [1.54, 1.807) is 54.6 Å². The Bertz CT molecular complexity index is 2730. The fourth-order valence-electron chi connectivity index (χ4n) is 8.28. The lowest BCUT2D eigenvalue weighted by molar-refractivity contribution is -0.164. The standard InChI is InChI=1S/C52H52N4O7S/c57-45-21-19-43(44-20-23-48(59)55-49(44)45)46(58)32-53-27-24-35-14-16-38(17-15-35)50(60)54-31-42-18-22-47(64-42)39-10-7-13-41(30-39)52(62,40-11-5-2-6-12-40)51(61)63-34-37-25-28-56(29-26-37)33-36-8-3-1-4-9-36/h1-23,30,37,46,53,57-58,62H,24-29,31-34H2,(H,54,60)(H,55,59). The highest BCUT2D eigenvalue weighted by atomic mass is 32.1. The Morgan fingerprint density at radius 3 is 2.33 bits per heavy atom. The summed E-state index contributed by atoms with van der Waals surface area (Å²) in [4.78, 5) is 45.8. The number of amides is 1. The molecule has 0 saturated carbocycles. The molecule has 2 unspecified atom stereocenters. The van der Waals surface area contributed by atoms with E-state index in [9.17, 15) is 29.7 Å². The zero-order chi connectivity index (χ0) is 44.5. The second-order valence-corrected chi connectivity index (χ2v) is 17.5. The molecule has 328 valence electrons. The number of phenols is 1. The maximum Gasteiger partial charge on any atom is 0.347 e. The number of nitrogens with one attached hydrogen (secondary N) is 3. The number of carbonyl (C=O) groups is 2. The van der Waals surface area contributed by atoms with Gasteiger partial charge in [0.05, 0.1) is 24.8 Å². The van der Waals surface area contributed by atoms with Gasteiger partial charge in [-0.3, -0.25) is 14.5 Å². The number of H-pyrrole nitrogens is 1. The molecular formula is C52H52N4O7S. The monoisotopic (exact) mass is 876 g/mol. The highest BCUT2D eigenvalue weighted by Gasteiger charge is 2.42. The van der Waals surface area contributed by atoms with E-state index in [2.05, 4.69) is 44.8 Å². The summed E-state index contributed by atoms with van der Waals surface area (Å²) in [6.45, 7) is 4.18. The summed E-state index contributed by atoms with van der Waals surface area (Å²) >= 11 is 1.53. The highest BCUT2D eigenvalue weighted by molar-refractivity contribution is 7.15. The Hall–Kier alpha value is -6.41. The normalized spacial score (nSPS) is 14.8. The van der Waals surface area contributed by atoms with Gasteiger partial charge in [0.1, 0.15) is 5.75 Å². The number of pyridine rings is 1. The average molecular weight is 877 g/mol. The number of fused-ring (bicyclic) bond motifs is 1. The van der Waals surface area contributed by atoms with Gasteiger partial charge in [0.25, 0.3) is 5.91 Å². The lowest BCUT2D eigenvalue weighted by atomic mass is 9.85. The molecule has 8 rings (SSSR count). The number of thiophene rings is 1. The molecule has 2 atom stereocenters. The predicted molar refractivity (Wildman–Crippen MR) is 250 cm³/mol. The number of phenolic OH excluding ortho intramolecular Hbond substituents is 1. The number of aromatic nitrogens is 1. The molecule has 12 heteroatoms. The van der Waals surface area contributed by atoms with Gasteiger partial charge in [-0.05, 0) is 115 Å². The summed E-state index contributed by atoms with van der Waals surface area (Å²) in [7, 11) is 0. The molecular weight excluding hydrogens is 825 g/mol. The number of carbonyl (C=O) groups excluding carboxylic acids is 2. The van der Waals surface area contributed by atoms with E-state index in [1.165, 1.54) is 29.0 Å². The minimum Gasteiger partial charge on any atom is -0.506 e. The molecule has 0 spiro atoms. The van der Waals surface area contributed by atoms with Crippen LogP contribution >= 0.6 is 11.3 Å². The molecule has 0 bridgehead atoms. The van der Waals surface area contributed by atoms with Gasteiger partial charge in [-0.25, -0.2) is 4.79 Å². The van der Waals surface area contributed by atoms with Crippen LogP contribution in [0.3, 0.4) is 0 Å². The zero-order valence-electron chi connectivity index (χ0n) is 35.4. The van der Waals surface area contributed by atoms with Gasteiger partial charge < -0.3 is 35.7 Å². The molecule has 1 fully saturated rings. The number of esters is 1. The number of benzene rings is 5. The summed E-state index contributed by atoms with van der Waals surface area (Å²) in [5.74, 6) is -0.735. The van der Waals surface area contributed by atoms with Gasteiger partial charge in [-0.2, -0.15) is 0 Å². The number of piperidine rings is 1. The van der Waals surface area contributed by atoms with Crippen molar-refractivity contribution in [3.8, 4) is 16.2 Å². The molecule has 1 aliphatic heterocycles. The van der Waals surface area contributed by atoms with Crippen molar-refractivity contribution < 1.29 is 29.6 Å². The third-order valence-electron chi connectivity index (χ3n) is 12.0. The number of aromatic amines is 1. The average Bonchev–Trinajstić information content (AvgIpc) is 3.82. The van der Waals surface area contributed by atoms with Crippen LogP contribution in [-0.4, -0.2) is 69.9 Å². The number of nitrogens with zero attached hydrogens (tertiary/aromatic N) is 1. The third-order valence-corrected chi connectivity index (χ3v) is 13.1. The smallest absolute Gasteiger partial charge is 0.347 e. The van der Waals surface area contributed by atoms with E-state index < -0.39 is 17.7 Å². The van der Waals surface area contributed by atoms with E-state index in [1.807, 2.05) is 54.6 Å². The number of rotatable bonds is 17. The van der Waals surface area contributed by atoms with E-state index in [0.29, 0.717) is 52.7 Å². The summed E-state index contributed by atoms with van der Waals surface area (Å²) in [5.41, 5.74) is 3.09. The van der Waals surface area contributed by atoms with Gasteiger partial charge in [-0.1, -0.05) is 97.1 Å². The Morgan fingerprint density at radius 1 is 0.828 bits per heavy atom. The van der Waals surface area contributed by atoms with E-state index in [0.717, 1.165) is 53.4 Å². The maximum absolute atomic E-state index is 14.0. The van der Waals surface area contributed by atoms with Crippen LogP contribution in [0.15, 0.2) is 150 Å². The zero-order valence-corrected chi connectivity index (χ0v) is 36.2. The lowest BCUT2D eigenvalue weighted by Crippen LogP contribution is -2.40. The number of aliphatic hydroxyl groups excluding tert-OH is 1. The molecule has 1 amide bonds. The Labute approximate surface area is 376 Å². The van der Waals surface area contributed by atoms with Crippen LogP contribution in [-0.2, 0) is 34.6 Å². The number of ether oxygens (including phenoxy) is 1. The van der Waals surface area contributed by atoms with Crippen molar-refractivity contribution in [2.24, 2.45) is 5.92 Å². The Balaban J connectivity index is 0.831. The van der Waals surface area contributed by atoms with Gasteiger partial charge in [0.2, 0.25) is 11.2 Å². The summed E-state index contributed by atoms with van der Waals surface area (Å²) < 4.78 is 5.95. The lowest BCUT2D eigenvalue weighted by Gasteiger charge is -2.33. The quantitative estimate of drug-likeness (QED) is 0.0403. The number of hydrogen-bond donors (Lipinski definition) is 6. The van der Waals surface area contributed by atoms with Crippen LogP contribution < -0.4 is 16.2 Å². The van der Waals surface area contributed by atoms with E-state index in [-0.39, 0.29) is 36.3 Å². The van der Waals surface area contributed by atoms with Gasteiger partial charge in [-0.15, -0.1) is 11.3 Å². The molecule has 1 aliphatic rings. The highest BCUT2D eigenvalue weighted by Crippen LogP contribution is 2.36. The van der Waals surface area contributed by atoms with Gasteiger partial charge >= 0.3 is 5.97 Å². The van der Waals surface area contributed by atoms with Crippen LogP contribution in [0.25, 0.3) is 21.3 Å². The Morgan fingerprint density at radius 2 is 1.56 bits per heavy atom. The second-order valence-electron chi connectivity index (χ2n) is 16.4. The molecule has 7 aromatic rings. The number of aromatic hydroxyl groups is 1. The predicted octanol–water partition coefficient (Wildman–Crippen LogP) is 7.45. The fraction of sp³-hybridized carbons (Fsp3) is 0.250. The number of aliphatic hydroxyl groups is 2. The molecule has 11 nitrogen and oxygen atoms in total. The van der Waals surface area contributed by atoms with E-state index >= 15 is 0 Å². The maximum atomic E-state index is 14.0. The first kappa shape index (κ1) is 44.2. The summed E-state index contributed by atoms with van der Waals surface area (Å²) in [6, 6.07) is 44.2. The van der Waals surface area contributed by atoms with Crippen molar-refractivity contribution in [1.82, 2.24) is 20.5 Å². The van der Waals surface area contributed by atoms with Crippen LogP contribution in [0.1, 0.15) is 62.0 Å². The fourth-order valence-corrected chi connectivity index (χ4v) is 9.23. The Kier molecular flexibility index (Phi) is 14.1. The number of hydrogen-bond acceptors (Lipinski definition) is 10. The first-order valence-electron chi connectivity index (χ1n) is 21.7. The van der Waals surface area contributed by atoms with Crippen molar-refractivity contribution in [2.45, 2.75) is 44.1 Å². The van der Waals surface area contributed by atoms with Gasteiger partial charge in [0, 0.05) is 45.4 Å². The minimum atomic E-state index is -2.01. The molecule has 6 N–H and O–H groups in total. The molecule has 5 aromatic carbocycles. The third kappa shape index (κ3) is 10.5. The molecule has 2 aromatic heterocycles. The SMILES string of the molecule is O=C(NCc1ccc(-c2cccc(C(O)(C(=O)OCC3CCN(Cc4ccccc4)CC3)c3ccccc3)c2)s1)c1ccc(CCNCC(O)c2ccc(O)c3[nH]c(=O)ccc23)cc1. The van der Waals surface area contributed by atoms with Crippen molar-refractivity contribution in [3.05, 3.63) is 194 Å². The van der Waals surface area contributed by atoms with Gasteiger partial charge in [0.15, 0.2) is 0 Å². The van der Waals surface area contributed by atoms with Crippen LogP contribution in [0, 0.1) is 5.92 Å². The molecule has 3 heterocycles. The molecule has 64 heavy (non-hydrogen) atoms. The summed E-state index contributed by atoms with van der Waals surface area (Å²) in [5, 5.41) is 40.1. The first-order chi connectivity index (χ1) is 31.1. The van der Waals surface area contributed by atoms with E-state index in [4.69, 9.17) is 4.74 Å². The largest absolute Gasteiger partial charge is 0.506 e. The summed E-state index contributed by atoms with van der Waals surface area (Å²) in [6.07, 6.45) is 1.65. The second kappa shape index (κ2) is 20.4. The van der Waals surface area contributed by atoms with Crippen molar-refractivity contribution in [2.75, 3.05) is 32.8 Å². The topological polar surface area (TPSA) is 164 Å². The molecule has 0 radical (unpaired) electrons.